The van der Waals surface area contributed by atoms with Crippen LogP contribution in [0.2, 0.25) is 0 Å². The highest BCUT2D eigenvalue weighted by Crippen LogP contribution is 2.21. The Morgan fingerprint density at radius 3 is 3.00 bits per heavy atom. The maximum Gasteiger partial charge on any atom is 0.111 e. The average molecular weight is 404 g/mol. The number of imidazole rings is 1. The number of alkyl halides is 1. The zero-order valence-electron chi connectivity index (χ0n) is 10.0. The molecule has 1 aromatic carbocycles. The van der Waals surface area contributed by atoms with Gasteiger partial charge in [0.2, 0.25) is 0 Å². The van der Waals surface area contributed by atoms with Gasteiger partial charge in [-0.3, -0.25) is 0 Å². The average Bonchev–Trinajstić information content (AvgIpc) is 2.99. The van der Waals surface area contributed by atoms with Crippen LogP contribution in [-0.2, 0) is 13.0 Å². The van der Waals surface area contributed by atoms with Gasteiger partial charge in [-0.2, -0.15) is 0 Å². The van der Waals surface area contributed by atoms with Crippen molar-refractivity contribution in [3.63, 3.8) is 0 Å². The Bertz CT molecular complexity index is 693. The highest BCUT2D eigenvalue weighted by Gasteiger charge is 2.11. The molecule has 0 fully saturated rings. The molecule has 0 aliphatic heterocycles. The van der Waals surface area contributed by atoms with Crippen LogP contribution in [0.4, 0.5) is 0 Å². The minimum atomic E-state index is 0.581. The van der Waals surface area contributed by atoms with Crippen molar-refractivity contribution in [2.24, 2.45) is 0 Å². The highest BCUT2D eigenvalue weighted by molar-refractivity contribution is 14.1. The van der Waals surface area contributed by atoms with Gasteiger partial charge in [0.25, 0.3) is 0 Å². The molecule has 0 atom stereocenters. The zero-order valence-corrected chi connectivity index (χ0v) is 13.7. The van der Waals surface area contributed by atoms with Crippen molar-refractivity contribution < 1.29 is 0 Å². The van der Waals surface area contributed by atoms with Crippen LogP contribution >= 0.6 is 45.5 Å². The normalized spacial score (nSPS) is 11.3. The molecule has 0 N–H and O–H groups in total. The maximum absolute atomic E-state index is 5.88. The number of aromatic nitrogens is 3. The van der Waals surface area contributed by atoms with E-state index in [1.807, 2.05) is 5.51 Å². The standard InChI is InChI=1S/C13H11ClIN3S/c14-4-3-13-17-11-5-9(15)1-2-12(11)18(13)6-10-7-19-8-16-10/h1-2,5,7-8H,3-4,6H2. The number of benzene rings is 1. The lowest BCUT2D eigenvalue weighted by atomic mass is 10.3. The molecule has 0 aliphatic rings. The summed E-state index contributed by atoms with van der Waals surface area (Å²) in [5.41, 5.74) is 5.10. The number of fused-ring (bicyclic) bond motifs is 1. The predicted molar refractivity (Wildman–Crippen MR) is 88.1 cm³/mol. The third kappa shape index (κ3) is 2.78. The topological polar surface area (TPSA) is 30.7 Å². The SMILES string of the molecule is ClCCc1nc2cc(I)ccc2n1Cc1cscn1. The molecule has 0 bridgehead atoms. The molecule has 2 heterocycles. The van der Waals surface area contributed by atoms with Gasteiger partial charge in [-0.05, 0) is 40.8 Å². The van der Waals surface area contributed by atoms with Crippen molar-refractivity contribution in [3.05, 3.63) is 44.2 Å². The molecule has 3 nitrogen and oxygen atoms in total. The van der Waals surface area contributed by atoms with Crippen molar-refractivity contribution >= 4 is 56.6 Å². The summed E-state index contributed by atoms with van der Waals surface area (Å²) >= 11 is 9.80. The summed E-state index contributed by atoms with van der Waals surface area (Å²) in [5, 5.41) is 2.07. The number of nitrogens with zero attached hydrogens (tertiary/aromatic N) is 3. The van der Waals surface area contributed by atoms with Crippen molar-refractivity contribution in [1.29, 1.82) is 0 Å². The van der Waals surface area contributed by atoms with Crippen LogP contribution in [0.3, 0.4) is 0 Å². The molecular formula is C13H11ClIN3S. The molecule has 3 rings (SSSR count). The molecule has 0 saturated heterocycles. The van der Waals surface area contributed by atoms with Crippen molar-refractivity contribution in [2.75, 3.05) is 5.88 Å². The molecule has 98 valence electrons. The van der Waals surface area contributed by atoms with Gasteiger partial charge >= 0.3 is 0 Å². The molecule has 2 aromatic heterocycles. The van der Waals surface area contributed by atoms with Crippen molar-refractivity contribution in [1.82, 2.24) is 14.5 Å². The minimum absolute atomic E-state index is 0.581. The van der Waals surface area contributed by atoms with E-state index in [9.17, 15) is 0 Å². The van der Waals surface area contributed by atoms with Gasteiger partial charge in [0.15, 0.2) is 0 Å². The van der Waals surface area contributed by atoms with Crippen LogP contribution in [0.15, 0.2) is 29.1 Å². The summed E-state index contributed by atoms with van der Waals surface area (Å²) in [6, 6.07) is 6.33. The first-order chi connectivity index (χ1) is 9.28. The third-order valence-electron chi connectivity index (χ3n) is 2.91. The number of rotatable bonds is 4. The van der Waals surface area contributed by atoms with Crippen LogP contribution in [0, 0.1) is 3.57 Å². The molecule has 0 spiro atoms. The van der Waals surface area contributed by atoms with E-state index in [0.29, 0.717) is 5.88 Å². The van der Waals surface area contributed by atoms with Gasteiger partial charge in [-0.1, -0.05) is 0 Å². The second-order valence-corrected chi connectivity index (χ2v) is 6.51. The highest BCUT2D eigenvalue weighted by atomic mass is 127. The van der Waals surface area contributed by atoms with Gasteiger partial charge in [-0.25, -0.2) is 9.97 Å². The number of thiazole rings is 1. The third-order valence-corrected chi connectivity index (χ3v) is 4.41. The second kappa shape index (κ2) is 5.76. The monoisotopic (exact) mass is 403 g/mol. The second-order valence-electron chi connectivity index (χ2n) is 4.17. The lowest BCUT2D eigenvalue weighted by molar-refractivity contribution is 0.741. The number of aryl methyl sites for hydroxylation is 1. The Kier molecular flexibility index (Phi) is 4.04. The summed E-state index contributed by atoms with van der Waals surface area (Å²) in [6.07, 6.45) is 0.775. The largest absolute Gasteiger partial charge is 0.322 e. The van der Waals surface area contributed by atoms with E-state index < -0.39 is 0 Å². The summed E-state index contributed by atoms with van der Waals surface area (Å²) in [4.78, 5) is 9.05. The Balaban J connectivity index is 2.10. The van der Waals surface area contributed by atoms with E-state index in [4.69, 9.17) is 16.6 Å². The lowest BCUT2D eigenvalue weighted by Crippen LogP contribution is -2.06. The van der Waals surface area contributed by atoms with E-state index in [0.717, 1.165) is 35.5 Å². The fourth-order valence-electron chi connectivity index (χ4n) is 2.08. The first-order valence-corrected chi connectivity index (χ1v) is 8.41. The van der Waals surface area contributed by atoms with Gasteiger partial charge in [0.05, 0.1) is 28.8 Å². The lowest BCUT2D eigenvalue weighted by Gasteiger charge is -2.06. The van der Waals surface area contributed by atoms with Crippen LogP contribution in [0.5, 0.6) is 0 Å². The molecular weight excluding hydrogens is 393 g/mol. The maximum atomic E-state index is 5.88. The fraction of sp³-hybridized carbons (Fsp3) is 0.231. The first kappa shape index (κ1) is 13.3. The van der Waals surface area contributed by atoms with Gasteiger partial charge < -0.3 is 4.57 Å². The van der Waals surface area contributed by atoms with Gasteiger partial charge in [0.1, 0.15) is 5.82 Å². The molecule has 0 unspecified atom stereocenters. The molecule has 3 aromatic rings. The zero-order chi connectivity index (χ0) is 13.2. The fourth-order valence-corrected chi connectivity index (χ4v) is 3.28. The smallest absolute Gasteiger partial charge is 0.111 e. The summed E-state index contributed by atoms with van der Waals surface area (Å²) < 4.78 is 3.41. The van der Waals surface area contributed by atoms with Crippen molar-refractivity contribution in [2.45, 2.75) is 13.0 Å². The van der Waals surface area contributed by atoms with Gasteiger partial charge in [-0.15, -0.1) is 22.9 Å². The van der Waals surface area contributed by atoms with Crippen LogP contribution in [0.1, 0.15) is 11.5 Å². The van der Waals surface area contributed by atoms with E-state index in [-0.39, 0.29) is 0 Å². The molecule has 0 aliphatic carbocycles. The Labute approximate surface area is 133 Å². The predicted octanol–water partition coefficient (Wildman–Crippen LogP) is 3.93. The van der Waals surface area contributed by atoms with E-state index in [1.54, 1.807) is 11.3 Å². The Hall–Kier alpha value is -0.660. The van der Waals surface area contributed by atoms with Crippen LogP contribution in [-0.4, -0.2) is 20.4 Å². The molecule has 6 heteroatoms. The summed E-state index contributed by atoms with van der Waals surface area (Å²) in [6.45, 7) is 0.757. The molecule has 0 saturated carbocycles. The Morgan fingerprint density at radius 2 is 2.26 bits per heavy atom. The number of hydrogen-bond donors (Lipinski definition) is 0. The molecule has 0 radical (unpaired) electrons. The van der Waals surface area contributed by atoms with E-state index in [2.05, 4.69) is 55.7 Å². The van der Waals surface area contributed by atoms with Crippen LogP contribution < -0.4 is 0 Å². The minimum Gasteiger partial charge on any atom is -0.322 e. The molecule has 0 amide bonds. The summed E-state index contributed by atoms with van der Waals surface area (Å²) in [5.74, 6) is 1.61. The van der Waals surface area contributed by atoms with E-state index in [1.165, 1.54) is 3.57 Å². The number of hydrogen-bond acceptors (Lipinski definition) is 3. The summed E-state index contributed by atoms with van der Waals surface area (Å²) in [7, 11) is 0. The van der Waals surface area contributed by atoms with Gasteiger partial charge in [0, 0.05) is 21.3 Å². The first-order valence-electron chi connectivity index (χ1n) is 5.85. The quantitative estimate of drug-likeness (QED) is 0.488. The van der Waals surface area contributed by atoms with Crippen LogP contribution in [0.25, 0.3) is 11.0 Å². The number of halogens is 2. The van der Waals surface area contributed by atoms with Crippen molar-refractivity contribution in [3.8, 4) is 0 Å². The van der Waals surface area contributed by atoms with E-state index >= 15 is 0 Å². The Morgan fingerprint density at radius 1 is 1.37 bits per heavy atom. The molecule has 19 heavy (non-hydrogen) atoms.